The van der Waals surface area contributed by atoms with E-state index < -0.39 is 0 Å². The van der Waals surface area contributed by atoms with Gasteiger partial charge in [0.05, 0.1) is 24.6 Å². The van der Waals surface area contributed by atoms with Gasteiger partial charge in [0.1, 0.15) is 0 Å². The van der Waals surface area contributed by atoms with E-state index in [-0.39, 0.29) is 5.69 Å². The number of aromatic nitrogens is 4. The van der Waals surface area contributed by atoms with Crippen LogP contribution in [0.3, 0.4) is 0 Å². The molecular weight excluding hydrogens is 208 g/mol. The summed E-state index contributed by atoms with van der Waals surface area (Å²) in [4.78, 5) is 23.0. The zero-order valence-corrected chi connectivity index (χ0v) is 8.37. The molecule has 7 nitrogen and oxygen atoms in total. The molecule has 0 aliphatic rings. The Morgan fingerprint density at radius 1 is 1.31 bits per heavy atom. The van der Waals surface area contributed by atoms with Crippen LogP contribution >= 0.6 is 0 Å². The lowest BCUT2D eigenvalue weighted by Crippen LogP contribution is -2.22. The van der Waals surface area contributed by atoms with Crippen molar-refractivity contribution in [3.05, 3.63) is 47.0 Å². The number of anilines is 1. The molecule has 16 heavy (non-hydrogen) atoms. The van der Waals surface area contributed by atoms with Crippen LogP contribution in [0.1, 0.15) is 5.69 Å². The maximum Gasteiger partial charge on any atom is 0.347 e. The van der Waals surface area contributed by atoms with Gasteiger partial charge in [-0.3, -0.25) is 9.55 Å². The molecule has 0 fully saturated rings. The number of hydrogen-bond donors (Lipinski definition) is 2. The van der Waals surface area contributed by atoms with Gasteiger partial charge >= 0.3 is 5.69 Å². The van der Waals surface area contributed by atoms with Crippen molar-refractivity contribution in [2.75, 3.05) is 5.43 Å². The Morgan fingerprint density at radius 2 is 2.19 bits per heavy atom. The van der Waals surface area contributed by atoms with Crippen molar-refractivity contribution in [1.29, 1.82) is 0 Å². The van der Waals surface area contributed by atoms with Crippen molar-refractivity contribution in [2.24, 2.45) is 5.84 Å². The smallest absolute Gasteiger partial charge is 0.307 e. The summed E-state index contributed by atoms with van der Waals surface area (Å²) in [5.74, 6) is 5.63. The van der Waals surface area contributed by atoms with Crippen molar-refractivity contribution in [3.8, 4) is 0 Å². The number of hydrazine groups is 1. The first-order valence-corrected chi connectivity index (χ1v) is 4.58. The Kier molecular flexibility index (Phi) is 2.88. The van der Waals surface area contributed by atoms with Gasteiger partial charge in [-0.25, -0.2) is 20.6 Å². The predicted octanol–water partition coefficient (Wildman–Crippen LogP) is -0.633. The maximum absolute atomic E-state index is 11.3. The minimum absolute atomic E-state index is 0.315. The first-order chi connectivity index (χ1) is 7.79. The molecule has 2 aromatic heterocycles. The summed E-state index contributed by atoms with van der Waals surface area (Å²) in [6.07, 6.45) is 6.14. The highest BCUT2D eigenvalue weighted by Crippen LogP contribution is 1.99. The summed E-state index contributed by atoms with van der Waals surface area (Å²) in [5, 5.41) is 0. The van der Waals surface area contributed by atoms with Gasteiger partial charge in [0, 0.05) is 12.4 Å². The topological polar surface area (TPSA) is 98.7 Å². The zero-order chi connectivity index (χ0) is 11.4. The van der Waals surface area contributed by atoms with Gasteiger partial charge in [-0.2, -0.15) is 0 Å². The molecule has 3 N–H and O–H groups in total. The van der Waals surface area contributed by atoms with Gasteiger partial charge in [-0.15, -0.1) is 0 Å². The molecule has 0 aliphatic heterocycles. The van der Waals surface area contributed by atoms with Crippen LogP contribution in [0.15, 0.2) is 35.6 Å². The highest BCUT2D eigenvalue weighted by molar-refractivity contribution is 5.28. The summed E-state index contributed by atoms with van der Waals surface area (Å²) >= 11 is 0. The van der Waals surface area contributed by atoms with E-state index in [9.17, 15) is 4.79 Å². The van der Waals surface area contributed by atoms with E-state index in [0.717, 1.165) is 0 Å². The van der Waals surface area contributed by atoms with Crippen molar-refractivity contribution >= 4 is 5.82 Å². The predicted molar refractivity (Wildman–Crippen MR) is 57.4 cm³/mol. The molecule has 0 bridgehead atoms. The Hall–Kier alpha value is -2.28. The molecule has 0 unspecified atom stereocenters. The van der Waals surface area contributed by atoms with Crippen LogP contribution in [0.2, 0.25) is 0 Å². The van der Waals surface area contributed by atoms with Crippen molar-refractivity contribution < 1.29 is 0 Å². The molecule has 7 heteroatoms. The van der Waals surface area contributed by atoms with E-state index in [0.29, 0.717) is 18.1 Å². The van der Waals surface area contributed by atoms with Crippen molar-refractivity contribution in [1.82, 2.24) is 19.5 Å². The second kappa shape index (κ2) is 4.49. The number of hydrogen-bond acceptors (Lipinski definition) is 6. The highest BCUT2D eigenvalue weighted by Gasteiger charge is 1.99. The summed E-state index contributed by atoms with van der Waals surface area (Å²) in [7, 11) is 0. The fraction of sp³-hybridized carbons (Fsp3) is 0.111. The third kappa shape index (κ3) is 2.20. The quantitative estimate of drug-likeness (QED) is 0.525. The maximum atomic E-state index is 11.3. The lowest BCUT2D eigenvalue weighted by Gasteiger charge is -2.03. The van der Waals surface area contributed by atoms with Gasteiger partial charge in [0.15, 0.2) is 5.82 Å². The zero-order valence-electron chi connectivity index (χ0n) is 8.37. The van der Waals surface area contributed by atoms with E-state index in [4.69, 9.17) is 5.84 Å². The van der Waals surface area contributed by atoms with Crippen LogP contribution < -0.4 is 17.0 Å². The Morgan fingerprint density at radius 3 is 2.81 bits per heavy atom. The molecule has 0 aromatic carbocycles. The fourth-order valence-electron chi connectivity index (χ4n) is 1.19. The lowest BCUT2D eigenvalue weighted by atomic mass is 10.4. The van der Waals surface area contributed by atoms with E-state index in [1.54, 1.807) is 18.5 Å². The van der Waals surface area contributed by atoms with Crippen molar-refractivity contribution in [3.63, 3.8) is 0 Å². The fourth-order valence-corrected chi connectivity index (χ4v) is 1.19. The average Bonchev–Trinajstić information content (AvgIpc) is 2.33. The molecule has 0 aliphatic carbocycles. The second-order valence-corrected chi connectivity index (χ2v) is 3.07. The highest BCUT2D eigenvalue weighted by atomic mass is 16.1. The standard InChI is InChI=1S/C9H10N6O/c10-14-8-5-12-7(4-13-8)6-15-3-1-2-11-9(15)16/h1-5H,6,10H2,(H,13,14). The second-order valence-electron chi connectivity index (χ2n) is 3.07. The molecule has 0 saturated carbocycles. The van der Waals surface area contributed by atoms with Crippen LogP contribution in [0.4, 0.5) is 5.82 Å². The van der Waals surface area contributed by atoms with E-state index in [1.165, 1.54) is 17.0 Å². The molecule has 0 atom stereocenters. The van der Waals surface area contributed by atoms with Gasteiger partial charge in [0.25, 0.3) is 0 Å². The molecule has 0 spiro atoms. The van der Waals surface area contributed by atoms with E-state index in [2.05, 4.69) is 20.4 Å². The van der Waals surface area contributed by atoms with Crippen LogP contribution in [0.25, 0.3) is 0 Å². The first-order valence-electron chi connectivity index (χ1n) is 4.58. The molecular formula is C9H10N6O. The van der Waals surface area contributed by atoms with Gasteiger partial charge < -0.3 is 5.43 Å². The SMILES string of the molecule is NNc1cnc(Cn2cccnc2=O)cn1. The number of nitrogens with two attached hydrogens (primary N) is 1. The molecule has 2 aromatic rings. The van der Waals surface area contributed by atoms with E-state index >= 15 is 0 Å². The van der Waals surface area contributed by atoms with Crippen LogP contribution in [0, 0.1) is 0 Å². The Bertz CT molecular complexity index is 520. The van der Waals surface area contributed by atoms with Crippen LogP contribution in [0.5, 0.6) is 0 Å². The molecule has 82 valence electrons. The summed E-state index contributed by atoms with van der Waals surface area (Å²) < 4.78 is 1.44. The number of nitrogen functional groups attached to an aromatic ring is 1. The minimum Gasteiger partial charge on any atom is -0.307 e. The largest absolute Gasteiger partial charge is 0.347 e. The van der Waals surface area contributed by atoms with Crippen LogP contribution in [-0.4, -0.2) is 19.5 Å². The Balaban J connectivity index is 2.21. The van der Waals surface area contributed by atoms with Gasteiger partial charge in [0.2, 0.25) is 0 Å². The molecule has 0 radical (unpaired) electrons. The number of nitrogens with zero attached hydrogens (tertiary/aromatic N) is 4. The average molecular weight is 218 g/mol. The molecule has 0 amide bonds. The number of nitrogens with one attached hydrogen (secondary N) is 1. The lowest BCUT2D eigenvalue weighted by molar-refractivity contribution is 0.707. The molecule has 2 heterocycles. The third-order valence-electron chi connectivity index (χ3n) is 1.97. The first kappa shape index (κ1) is 10.2. The van der Waals surface area contributed by atoms with Gasteiger partial charge in [-0.1, -0.05) is 0 Å². The van der Waals surface area contributed by atoms with Crippen molar-refractivity contribution in [2.45, 2.75) is 6.54 Å². The summed E-state index contributed by atoms with van der Waals surface area (Å²) in [6.45, 7) is 0.338. The number of rotatable bonds is 3. The summed E-state index contributed by atoms with van der Waals surface area (Å²) in [6, 6.07) is 1.69. The third-order valence-corrected chi connectivity index (χ3v) is 1.97. The Labute approximate surface area is 91.0 Å². The van der Waals surface area contributed by atoms with E-state index in [1.807, 2.05) is 0 Å². The monoisotopic (exact) mass is 218 g/mol. The summed E-state index contributed by atoms with van der Waals surface area (Å²) in [5.41, 5.74) is 2.72. The van der Waals surface area contributed by atoms with Gasteiger partial charge in [-0.05, 0) is 6.07 Å². The molecule has 0 saturated heterocycles. The van der Waals surface area contributed by atoms with Crippen LogP contribution in [-0.2, 0) is 6.54 Å². The minimum atomic E-state index is -0.315. The molecule has 2 rings (SSSR count). The normalized spacial score (nSPS) is 10.1.